The van der Waals surface area contributed by atoms with Crippen LogP contribution in [-0.4, -0.2) is 11.7 Å². The third-order valence-electron chi connectivity index (χ3n) is 3.03. The smallest absolute Gasteiger partial charge is 0.228 e. The van der Waals surface area contributed by atoms with E-state index in [2.05, 4.69) is 12.1 Å². The SMILES string of the molecule is Cc1c(OCCc2ccccc2)c(O)cc[n+]1C. The van der Waals surface area contributed by atoms with E-state index in [4.69, 9.17) is 4.74 Å². The highest BCUT2D eigenvalue weighted by molar-refractivity contribution is 5.38. The lowest BCUT2D eigenvalue weighted by Crippen LogP contribution is -2.31. The summed E-state index contributed by atoms with van der Waals surface area (Å²) < 4.78 is 7.61. The Morgan fingerprint density at radius 2 is 1.89 bits per heavy atom. The molecule has 94 valence electrons. The molecule has 0 atom stereocenters. The molecule has 0 spiro atoms. The molecule has 0 unspecified atom stereocenters. The van der Waals surface area contributed by atoms with Gasteiger partial charge in [-0.15, -0.1) is 0 Å². The molecule has 1 aromatic carbocycles. The first-order chi connectivity index (χ1) is 8.68. The van der Waals surface area contributed by atoms with Crippen LogP contribution in [0.15, 0.2) is 42.6 Å². The molecule has 0 aliphatic rings. The molecule has 0 aliphatic carbocycles. The van der Waals surface area contributed by atoms with Gasteiger partial charge in [0.2, 0.25) is 11.4 Å². The van der Waals surface area contributed by atoms with Gasteiger partial charge in [0.05, 0.1) is 6.61 Å². The van der Waals surface area contributed by atoms with Gasteiger partial charge in [-0.3, -0.25) is 0 Å². The second kappa shape index (κ2) is 5.54. The summed E-state index contributed by atoms with van der Waals surface area (Å²) >= 11 is 0. The van der Waals surface area contributed by atoms with Gasteiger partial charge in [-0.1, -0.05) is 30.3 Å². The highest BCUT2D eigenvalue weighted by atomic mass is 16.5. The Balaban J connectivity index is 2.01. The van der Waals surface area contributed by atoms with Gasteiger partial charge in [-0.05, 0) is 5.56 Å². The highest BCUT2D eigenvalue weighted by Crippen LogP contribution is 2.26. The fourth-order valence-electron chi connectivity index (χ4n) is 1.81. The number of aryl methyl sites for hydroxylation is 1. The fourth-order valence-corrected chi connectivity index (χ4v) is 1.81. The third-order valence-corrected chi connectivity index (χ3v) is 3.03. The van der Waals surface area contributed by atoms with Crippen LogP contribution >= 0.6 is 0 Å². The topological polar surface area (TPSA) is 33.3 Å². The van der Waals surface area contributed by atoms with Crippen molar-refractivity contribution in [3.63, 3.8) is 0 Å². The highest BCUT2D eigenvalue weighted by Gasteiger charge is 2.14. The van der Waals surface area contributed by atoms with Crippen LogP contribution in [0.3, 0.4) is 0 Å². The van der Waals surface area contributed by atoms with Crippen molar-refractivity contribution in [2.45, 2.75) is 13.3 Å². The first kappa shape index (κ1) is 12.4. The van der Waals surface area contributed by atoms with Crippen molar-refractivity contribution < 1.29 is 14.4 Å². The Morgan fingerprint density at radius 3 is 2.61 bits per heavy atom. The maximum atomic E-state index is 9.77. The number of ether oxygens (including phenoxy) is 1. The first-order valence-electron chi connectivity index (χ1n) is 6.03. The zero-order chi connectivity index (χ0) is 13.0. The third kappa shape index (κ3) is 2.80. The fraction of sp³-hybridized carbons (Fsp3) is 0.267. The van der Waals surface area contributed by atoms with Crippen LogP contribution in [-0.2, 0) is 13.5 Å². The summed E-state index contributed by atoms with van der Waals surface area (Å²) in [6, 6.07) is 11.8. The van der Waals surface area contributed by atoms with Gasteiger partial charge in [0.25, 0.3) is 0 Å². The van der Waals surface area contributed by atoms with Gasteiger partial charge in [0.15, 0.2) is 11.9 Å². The number of aromatic nitrogens is 1. The van der Waals surface area contributed by atoms with E-state index in [9.17, 15) is 5.11 Å². The quantitative estimate of drug-likeness (QED) is 0.836. The molecular formula is C15H18NO2+. The van der Waals surface area contributed by atoms with E-state index in [1.54, 1.807) is 6.07 Å². The lowest BCUT2D eigenvalue weighted by atomic mass is 10.2. The minimum atomic E-state index is 0.193. The molecule has 1 heterocycles. The van der Waals surface area contributed by atoms with Gasteiger partial charge in [0, 0.05) is 19.4 Å². The number of aromatic hydroxyl groups is 1. The number of hydrogen-bond acceptors (Lipinski definition) is 2. The van der Waals surface area contributed by atoms with E-state index in [-0.39, 0.29) is 5.75 Å². The van der Waals surface area contributed by atoms with Crippen LogP contribution in [0.1, 0.15) is 11.3 Å². The van der Waals surface area contributed by atoms with Crippen molar-refractivity contribution >= 4 is 0 Å². The summed E-state index contributed by atoms with van der Waals surface area (Å²) in [6.07, 6.45) is 2.65. The Hall–Kier alpha value is -2.03. The Morgan fingerprint density at radius 1 is 1.17 bits per heavy atom. The summed E-state index contributed by atoms with van der Waals surface area (Å²) in [5, 5.41) is 9.77. The van der Waals surface area contributed by atoms with Gasteiger partial charge in [0.1, 0.15) is 7.05 Å². The number of benzene rings is 1. The predicted octanol–water partition coefficient (Wildman–Crippen LogP) is 2.15. The van der Waals surface area contributed by atoms with Crippen molar-refractivity contribution in [2.75, 3.05) is 6.61 Å². The molecule has 1 N–H and O–H groups in total. The number of nitrogens with zero attached hydrogens (tertiary/aromatic N) is 1. The molecule has 0 fully saturated rings. The van der Waals surface area contributed by atoms with Crippen molar-refractivity contribution in [3.05, 3.63) is 53.9 Å². The average molecular weight is 244 g/mol. The number of hydrogen-bond donors (Lipinski definition) is 1. The monoisotopic (exact) mass is 244 g/mol. The zero-order valence-corrected chi connectivity index (χ0v) is 10.8. The van der Waals surface area contributed by atoms with Crippen LogP contribution in [0, 0.1) is 6.92 Å². The summed E-state index contributed by atoms with van der Waals surface area (Å²) in [7, 11) is 1.93. The molecule has 0 aliphatic heterocycles. The van der Waals surface area contributed by atoms with Crippen LogP contribution in [0.2, 0.25) is 0 Å². The maximum absolute atomic E-state index is 9.77. The molecule has 3 nitrogen and oxygen atoms in total. The van der Waals surface area contributed by atoms with Gasteiger partial charge in [-0.2, -0.15) is 0 Å². The van der Waals surface area contributed by atoms with E-state index in [0.717, 1.165) is 12.1 Å². The minimum Gasteiger partial charge on any atom is -0.504 e. The van der Waals surface area contributed by atoms with Crippen molar-refractivity contribution in [3.8, 4) is 11.5 Å². The van der Waals surface area contributed by atoms with Crippen molar-refractivity contribution in [1.82, 2.24) is 0 Å². The van der Waals surface area contributed by atoms with E-state index >= 15 is 0 Å². The molecule has 0 saturated carbocycles. The lowest BCUT2D eigenvalue weighted by Gasteiger charge is -2.09. The number of rotatable bonds is 4. The summed E-state index contributed by atoms with van der Waals surface area (Å²) in [6.45, 7) is 2.49. The Kier molecular flexibility index (Phi) is 3.82. The molecule has 0 bridgehead atoms. The lowest BCUT2D eigenvalue weighted by molar-refractivity contribution is -0.678. The van der Waals surface area contributed by atoms with E-state index in [1.165, 1.54) is 5.56 Å². The Bertz CT molecular complexity index is 524. The number of pyridine rings is 1. The van der Waals surface area contributed by atoms with Crippen molar-refractivity contribution in [2.24, 2.45) is 7.05 Å². The minimum absolute atomic E-state index is 0.193. The first-order valence-corrected chi connectivity index (χ1v) is 6.03. The van der Waals surface area contributed by atoms with E-state index in [0.29, 0.717) is 12.4 Å². The van der Waals surface area contributed by atoms with Crippen molar-refractivity contribution in [1.29, 1.82) is 0 Å². The normalized spacial score (nSPS) is 10.3. The standard InChI is InChI=1S/C15H17NO2/c1-12-15(14(17)8-10-16(12)2)18-11-9-13-6-4-3-5-7-13/h3-8,10H,9,11H2,1-2H3/p+1. The van der Waals surface area contributed by atoms with Crippen LogP contribution < -0.4 is 9.30 Å². The molecule has 0 saturated heterocycles. The largest absolute Gasteiger partial charge is 0.504 e. The summed E-state index contributed by atoms with van der Waals surface area (Å²) in [5.41, 5.74) is 2.15. The van der Waals surface area contributed by atoms with Crippen LogP contribution in [0.5, 0.6) is 11.5 Å². The maximum Gasteiger partial charge on any atom is 0.228 e. The molecule has 18 heavy (non-hydrogen) atoms. The molecule has 0 radical (unpaired) electrons. The molecular weight excluding hydrogens is 226 g/mol. The molecule has 2 aromatic rings. The zero-order valence-electron chi connectivity index (χ0n) is 10.8. The Labute approximate surface area is 107 Å². The van der Waals surface area contributed by atoms with Gasteiger partial charge < -0.3 is 9.84 Å². The van der Waals surface area contributed by atoms with Crippen LogP contribution in [0.25, 0.3) is 0 Å². The molecule has 3 heteroatoms. The summed E-state index contributed by atoms with van der Waals surface area (Å²) in [5.74, 6) is 0.759. The molecule has 1 aromatic heterocycles. The van der Waals surface area contributed by atoms with Gasteiger partial charge >= 0.3 is 0 Å². The van der Waals surface area contributed by atoms with Gasteiger partial charge in [-0.25, -0.2) is 4.57 Å². The summed E-state index contributed by atoms with van der Waals surface area (Å²) in [4.78, 5) is 0. The second-order valence-corrected chi connectivity index (χ2v) is 4.31. The average Bonchev–Trinajstić information content (AvgIpc) is 2.39. The van der Waals surface area contributed by atoms with Crippen LogP contribution in [0.4, 0.5) is 0 Å². The van der Waals surface area contributed by atoms with E-state index < -0.39 is 0 Å². The van der Waals surface area contributed by atoms with E-state index in [1.807, 2.05) is 42.9 Å². The molecule has 0 amide bonds. The molecule has 2 rings (SSSR count). The second-order valence-electron chi connectivity index (χ2n) is 4.31. The predicted molar refractivity (Wildman–Crippen MR) is 69.7 cm³/mol.